The first kappa shape index (κ1) is 9.97. The highest BCUT2D eigenvalue weighted by molar-refractivity contribution is 4.98. The Balaban J connectivity index is 2.57. The van der Waals surface area contributed by atoms with Crippen molar-refractivity contribution in [2.24, 2.45) is 5.41 Å². The maximum Gasteiger partial charge on any atom is 0.124 e. The zero-order chi connectivity index (χ0) is 9.41. The minimum absolute atomic E-state index is 0.184. The van der Waals surface area contributed by atoms with Crippen molar-refractivity contribution in [1.82, 2.24) is 5.32 Å². The number of hydrogen-bond donors (Lipinski definition) is 1. The van der Waals surface area contributed by atoms with Crippen LogP contribution in [-0.2, 0) is 0 Å². The molecular formula is C10H20FN. The summed E-state index contributed by atoms with van der Waals surface area (Å²) in [5.74, 6) is 0. The van der Waals surface area contributed by atoms with Gasteiger partial charge in [0.05, 0.1) is 0 Å². The molecule has 1 N–H and O–H groups in total. The first-order valence-corrected chi connectivity index (χ1v) is 4.80. The van der Waals surface area contributed by atoms with Gasteiger partial charge in [0.25, 0.3) is 0 Å². The molecule has 0 aromatic carbocycles. The van der Waals surface area contributed by atoms with E-state index in [1.165, 1.54) is 0 Å². The van der Waals surface area contributed by atoms with Crippen LogP contribution in [0.4, 0.5) is 4.39 Å². The summed E-state index contributed by atoms with van der Waals surface area (Å²) < 4.78 is 13.8. The van der Waals surface area contributed by atoms with Crippen molar-refractivity contribution < 1.29 is 4.39 Å². The average Bonchev–Trinajstić information content (AvgIpc) is 2.32. The highest BCUT2D eigenvalue weighted by atomic mass is 19.1. The van der Waals surface area contributed by atoms with Crippen molar-refractivity contribution >= 4 is 0 Å². The zero-order valence-electron chi connectivity index (χ0n) is 8.58. The second kappa shape index (κ2) is 2.99. The normalized spacial score (nSPS) is 37.2. The molecular weight excluding hydrogens is 153 g/mol. The molecule has 1 rings (SSSR count). The van der Waals surface area contributed by atoms with E-state index < -0.39 is 5.67 Å². The SMILES string of the molecule is CCC1(F)CNC(C(C)(C)C)C1. The summed E-state index contributed by atoms with van der Waals surface area (Å²) in [6.07, 6.45) is 1.31. The van der Waals surface area contributed by atoms with Crippen LogP contribution in [0.25, 0.3) is 0 Å². The van der Waals surface area contributed by atoms with Gasteiger partial charge in [0.1, 0.15) is 5.67 Å². The van der Waals surface area contributed by atoms with E-state index in [0.29, 0.717) is 25.4 Å². The Hall–Kier alpha value is -0.110. The molecule has 2 unspecified atom stereocenters. The predicted octanol–water partition coefficient (Wildman–Crippen LogP) is 2.51. The number of alkyl halides is 1. The van der Waals surface area contributed by atoms with E-state index in [4.69, 9.17) is 0 Å². The summed E-state index contributed by atoms with van der Waals surface area (Å²) in [6.45, 7) is 8.93. The molecule has 1 fully saturated rings. The van der Waals surface area contributed by atoms with Crippen molar-refractivity contribution in [3.8, 4) is 0 Å². The Morgan fingerprint density at radius 3 is 2.33 bits per heavy atom. The zero-order valence-corrected chi connectivity index (χ0v) is 8.58. The van der Waals surface area contributed by atoms with Crippen molar-refractivity contribution in [2.75, 3.05) is 6.54 Å². The largest absolute Gasteiger partial charge is 0.310 e. The second-order valence-electron chi connectivity index (χ2n) is 5.01. The summed E-state index contributed by atoms with van der Waals surface area (Å²) in [5.41, 5.74) is -0.763. The van der Waals surface area contributed by atoms with E-state index >= 15 is 0 Å². The van der Waals surface area contributed by atoms with Gasteiger partial charge in [0, 0.05) is 12.6 Å². The lowest BCUT2D eigenvalue weighted by atomic mass is 9.83. The van der Waals surface area contributed by atoms with Gasteiger partial charge in [0.15, 0.2) is 0 Å². The Morgan fingerprint density at radius 1 is 1.50 bits per heavy atom. The van der Waals surface area contributed by atoms with Crippen LogP contribution in [0.1, 0.15) is 40.5 Å². The topological polar surface area (TPSA) is 12.0 Å². The van der Waals surface area contributed by atoms with Crippen LogP contribution >= 0.6 is 0 Å². The van der Waals surface area contributed by atoms with E-state index in [1.807, 2.05) is 6.92 Å². The second-order valence-corrected chi connectivity index (χ2v) is 5.01. The van der Waals surface area contributed by atoms with E-state index in [-0.39, 0.29) is 5.41 Å². The Morgan fingerprint density at radius 2 is 2.08 bits per heavy atom. The highest BCUT2D eigenvalue weighted by Gasteiger charge is 2.41. The molecule has 0 amide bonds. The first-order valence-electron chi connectivity index (χ1n) is 4.80. The van der Waals surface area contributed by atoms with Gasteiger partial charge in [-0.2, -0.15) is 0 Å². The number of nitrogens with one attached hydrogen (secondary N) is 1. The molecule has 1 aliphatic rings. The van der Waals surface area contributed by atoms with Crippen LogP contribution in [0, 0.1) is 5.41 Å². The van der Waals surface area contributed by atoms with E-state index in [2.05, 4.69) is 26.1 Å². The third kappa shape index (κ3) is 1.98. The summed E-state index contributed by atoms with van der Waals surface area (Å²) in [7, 11) is 0. The molecule has 1 saturated heterocycles. The lowest BCUT2D eigenvalue weighted by Crippen LogP contribution is -2.34. The van der Waals surface area contributed by atoms with Crippen LogP contribution in [0.15, 0.2) is 0 Å². The van der Waals surface area contributed by atoms with Crippen molar-refractivity contribution in [3.05, 3.63) is 0 Å². The van der Waals surface area contributed by atoms with E-state index in [0.717, 1.165) is 0 Å². The quantitative estimate of drug-likeness (QED) is 0.642. The summed E-state index contributed by atoms with van der Waals surface area (Å²) in [6, 6.07) is 0.336. The van der Waals surface area contributed by atoms with Gasteiger partial charge in [-0.25, -0.2) is 4.39 Å². The third-order valence-corrected chi connectivity index (χ3v) is 2.91. The molecule has 0 bridgehead atoms. The highest BCUT2D eigenvalue weighted by Crippen LogP contribution is 2.34. The fraction of sp³-hybridized carbons (Fsp3) is 1.00. The van der Waals surface area contributed by atoms with E-state index in [1.54, 1.807) is 0 Å². The minimum Gasteiger partial charge on any atom is -0.310 e. The molecule has 0 radical (unpaired) electrons. The number of halogens is 1. The summed E-state index contributed by atoms with van der Waals surface area (Å²) in [4.78, 5) is 0. The predicted molar refractivity (Wildman–Crippen MR) is 50.0 cm³/mol. The van der Waals surface area contributed by atoms with E-state index in [9.17, 15) is 4.39 Å². The Bertz CT molecular complexity index is 162. The molecule has 2 heteroatoms. The van der Waals surface area contributed by atoms with Gasteiger partial charge in [-0.05, 0) is 18.3 Å². The van der Waals surface area contributed by atoms with Crippen molar-refractivity contribution in [3.63, 3.8) is 0 Å². The van der Waals surface area contributed by atoms with Crippen LogP contribution < -0.4 is 5.32 Å². The van der Waals surface area contributed by atoms with Gasteiger partial charge < -0.3 is 5.32 Å². The molecule has 0 aliphatic carbocycles. The Kier molecular flexibility index (Phi) is 2.48. The maximum atomic E-state index is 13.8. The molecule has 0 aromatic rings. The number of rotatable bonds is 1. The van der Waals surface area contributed by atoms with Crippen LogP contribution in [0.3, 0.4) is 0 Å². The third-order valence-electron chi connectivity index (χ3n) is 2.91. The standard InChI is InChI=1S/C10H20FN/c1-5-10(11)6-8(12-7-10)9(2,3)4/h8,12H,5-7H2,1-4H3. The van der Waals surface area contributed by atoms with Crippen molar-refractivity contribution in [2.45, 2.75) is 52.2 Å². The molecule has 1 aliphatic heterocycles. The van der Waals surface area contributed by atoms with Crippen LogP contribution in [-0.4, -0.2) is 18.3 Å². The van der Waals surface area contributed by atoms with Crippen molar-refractivity contribution in [1.29, 1.82) is 0 Å². The lowest BCUT2D eigenvalue weighted by molar-refractivity contribution is 0.168. The van der Waals surface area contributed by atoms with Gasteiger partial charge >= 0.3 is 0 Å². The van der Waals surface area contributed by atoms with Gasteiger partial charge in [-0.1, -0.05) is 27.7 Å². The molecule has 1 nitrogen and oxygen atoms in total. The average molecular weight is 173 g/mol. The molecule has 0 saturated carbocycles. The molecule has 12 heavy (non-hydrogen) atoms. The first-order chi connectivity index (χ1) is 5.37. The molecule has 72 valence electrons. The lowest BCUT2D eigenvalue weighted by Gasteiger charge is -2.27. The summed E-state index contributed by atoms with van der Waals surface area (Å²) in [5, 5.41) is 3.26. The summed E-state index contributed by atoms with van der Waals surface area (Å²) >= 11 is 0. The Labute approximate surface area is 74.7 Å². The van der Waals surface area contributed by atoms with Gasteiger partial charge in [-0.3, -0.25) is 0 Å². The molecule has 1 heterocycles. The van der Waals surface area contributed by atoms with Crippen LogP contribution in [0.2, 0.25) is 0 Å². The van der Waals surface area contributed by atoms with Crippen LogP contribution in [0.5, 0.6) is 0 Å². The number of hydrogen-bond acceptors (Lipinski definition) is 1. The smallest absolute Gasteiger partial charge is 0.124 e. The molecule has 0 spiro atoms. The fourth-order valence-corrected chi connectivity index (χ4v) is 1.70. The minimum atomic E-state index is -0.946. The van der Waals surface area contributed by atoms with Gasteiger partial charge in [0.2, 0.25) is 0 Å². The maximum absolute atomic E-state index is 13.8. The van der Waals surface area contributed by atoms with Gasteiger partial charge in [-0.15, -0.1) is 0 Å². The fourth-order valence-electron chi connectivity index (χ4n) is 1.70. The molecule has 0 aromatic heterocycles. The monoisotopic (exact) mass is 173 g/mol. The molecule has 2 atom stereocenters.